The third kappa shape index (κ3) is 6.05. The predicted molar refractivity (Wildman–Crippen MR) is 142 cm³/mol. The highest BCUT2D eigenvalue weighted by Gasteiger charge is 2.22. The molecule has 1 fully saturated rings. The van der Waals surface area contributed by atoms with Crippen LogP contribution in [0.3, 0.4) is 0 Å². The topological polar surface area (TPSA) is 119 Å². The van der Waals surface area contributed by atoms with Gasteiger partial charge in [0.25, 0.3) is 10.0 Å². The highest BCUT2D eigenvalue weighted by atomic mass is 32.2. The number of ether oxygens (including phenoxy) is 2. The average molecular weight is 557 g/mol. The van der Waals surface area contributed by atoms with E-state index in [1.807, 2.05) is 18.2 Å². The van der Waals surface area contributed by atoms with Crippen LogP contribution in [0.5, 0.6) is 5.88 Å². The molecule has 4 aromatic rings. The van der Waals surface area contributed by atoms with Crippen LogP contribution in [-0.4, -0.2) is 74.8 Å². The molecular formula is C26H26F2N6O4S. The fraction of sp³-hybridized carbons (Fsp3) is 0.269. The van der Waals surface area contributed by atoms with Crippen molar-refractivity contribution in [2.75, 3.05) is 56.5 Å². The molecule has 0 atom stereocenters. The zero-order chi connectivity index (χ0) is 27.4. The van der Waals surface area contributed by atoms with Crippen molar-refractivity contribution < 1.29 is 26.7 Å². The summed E-state index contributed by atoms with van der Waals surface area (Å²) < 4.78 is 66.2. The number of nitrogens with zero attached hydrogens (tertiary/aromatic N) is 4. The molecule has 10 nitrogen and oxygen atoms in total. The highest BCUT2D eigenvalue weighted by molar-refractivity contribution is 7.92. The number of methoxy groups -OCH3 is 1. The molecule has 5 rings (SSSR count). The van der Waals surface area contributed by atoms with Crippen molar-refractivity contribution in [3.8, 4) is 17.0 Å². The Morgan fingerprint density at radius 3 is 2.62 bits per heavy atom. The number of aromatic nitrogens is 3. The summed E-state index contributed by atoms with van der Waals surface area (Å²) in [5.74, 6) is -1.44. The van der Waals surface area contributed by atoms with E-state index in [1.54, 1.807) is 0 Å². The van der Waals surface area contributed by atoms with Crippen molar-refractivity contribution in [1.29, 1.82) is 0 Å². The Hall–Kier alpha value is -3.94. The van der Waals surface area contributed by atoms with Gasteiger partial charge in [0.2, 0.25) is 5.88 Å². The molecule has 1 saturated heterocycles. The van der Waals surface area contributed by atoms with E-state index in [4.69, 9.17) is 9.47 Å². The van der Waals surface area contributed by atoms with E-state index in [2.05, 4.69) is 29.9 Å². The van der Waals surface area contributed by atoms with Gasteiger partial charge >= 0.3 is 0 Å². The molecule has 2 N–H and O–H groups in total. The number of halogens is 2. The molecule has 0 aliphatic carbocycles. The zero-order valence-electron chi connectivity index (χ0n) is 21.0. The highest BCUT2D eigenvalue weighted by Crippen LogP contribution is 2.32. The average Bonchev–Trinajstić information content (AvgIpc) is 2.93. The quantitative estimate of drug-likeness (QED) is 0.319. The third-order valence-corrected chi connectivity index (χ3v) is 7.66. The lowest BCUT2D eigenvalue weighted by Crippen LogP contribution is -2.39. The van der Waals surface area contributed by atoms with E-state index in [9.17, 15) is 17.2 Å². The second kappa shape index (κ2) is 11.4. The summed E-state index contributed by atoms with van der Waals surface area (Å²) in [6.07, 6.45) is 3.03. The van der Waals surface area contributed by atoms with Crippen molar-refractivity contribution in [3.63, 3.8) is 0 Å². The van der Waals surface area contributed by atoms with Crippen LogP contribution in [0.15, 0.2) is 59.9 Å². The lowest BCUT2D eigenvalue weighted by Gasteiger charge is -2.26. The lowest BCUT2D eigenvalue weighted by molar-refractivity contribution is 0.0398. The molecule has 39 heavy (non-hydrogen) atoms. The van der Waals surface area contributed by atoms with Gasteiger partial charge in [-0.25, -0.2) is 32.2 Å². The van der Waals surface area contributed by atoms with Crippen LogP contribution >= 0.6 is 0 Å². The maximum absolute atomic E-state index is 14.2. The minimum absolute atomic E-state index is 0.00741. The number of pyridine rings is 1. The van der Waals surface area contributed by atoms with E-state index in [0.717, 1.165) is 61.4 Å². The number of sulfonamides is 1. The number of nitrogens with one attached hydrogen (secondary N) is 2. The van der Waals surface area contributed by atoms with Gasteiger partial charge in [-0.2, -0.15) is 0 Å². The minimum atomic E-state index is -4.41. The Bertz CT molecular complexity index is 1600. The summed E-state index contributed by atoms with van der Waals surface area (Å²) >= 11 is 0. The molecule has 0 amide bonds. The number of benzene rings is 2. The third-order valence-electron chi connectivity index (χ3n) is 6.27. The number of fused-ring (bicyclic) bond motifs is 1. The van der Waals surface area contributed by atoms with Crippen LogP contribution in [-0.2, 0) is 14.8 Å². The molecule has 0 unspecified atom stereocenters. The van der Waals surface area contributed by atoms with Crippen molar-refractivity contribution in [2.45, 2.75) is 4.90 Å². The molecular weight excluding hydrogens is 530 g/mol. The molecule has 3 heterocycles. The molecule has 204 valence electrons. The van der Waals surface area contributed by atoms with Crippen LogP contribution in [0.2, 0.25) is 0 Å². The second-order valence-electron chi connectivity index (χ2n) is 8.80. The normalized spacial score (nSPS) is 14.3. The van der Waals surface area contributed by atoms with Gasteiger partial charge in [-0.3, -0.25) is 9.62 Å². The van der Waals surface area contributed by atoms with Crippen LogP contribution in [0, 0.1) is 11.6 Å². The fourth-order valence-electron chi connectivity index (χ4n) is 4.27. The summed E-state index contributed by atoms with van der Waals surface area (Å²) in [5.41, 5.74) is 2.01. The maximum Gasteiger partial charge on any atom is 0.264 e. The number of morpholine rings is 1. The molecule has 2 aromatic heterocycles. The molecule has 13 heteroatoms. The number of anilines is 2. The number of rotatable bonds is 9. The Balaban J connectivity index is 1.42. The largest absolute Gasteiger partial charge is 0.480 e. The summed E-state index contributed by atoms with van der Waals surface area (Å²) in [6.45, 7) is 4.77. The Kier molecular flexibility index (Phi) is 7.82. The molecule has 0 bridgehead atoms. The molecule has 2 aromatic carbocycles. The van der Waals surface area contributed by atoms with Gasteiger partial charge in [0, 0.05) is 49.4 Å². The van der Waals surface area contributed by atoms with Crippen molar-refractivity contribution in [3.05, 3.63) is 66.6 Å². The van der Waals surface area contributed by atoms with Gasteiger partial charge in [0.1, 0.15) is 34.4 Å². The molecule has 1 aliphatic rings. The fourth-order valence-corrected chi connectivity index (χ4v) is 5.38. The molecule has 0 radical (unpaired) electrons. The van der Waals surface area contributed by atoms with E-state index in [-0.39, 0.29) is 11.6 Å². The molecule has 0 spiro atoms. The lowest BCUT2D eigenvalue weighted by atomic mass is 10.0. The first-order valence-corrected chi connectivity index (χ1v) is 13.6. The predicted octanol–water partition coefficient (Wildman–Crippen LogP) is 3.52. The van der Waals surface area contributed by atoms with Crippen LogP contribution in [0.25, 0.3) is 22.0 Å². The number of hydrogen-bond donors (Lipinski definition) is 2. The van der Waals surface area contributed by atoms with Gasteiger partial charge in [0.15, 0.2) is 0 Å². The SMILES string of the molecule is COc1ncc(-c2ccc3ncnc(NCCN4CCOCC4)c3c2)cc1NS(=O)(=O)c1ccc(F)cc1F. The summed E-state index contributed by atoms with van der Waals surface area (Å²) in [4.78, 5) is 14.6. The Labute approximate surface area is 224 Å². The zero-order valence-corrected chi connectivity index (χ0v) is 21.8. The molecule has 1 aliphatic heterocycles. The Morgan fingerprint density at radius 1 is 1.03 bits per heavy atom. The number of hydrogen-bond acceptors (Lipinski definition) is 9. The second-order valence-corrected chi connectivity index (χ2v) is 10.4. The first-order chi connectivity index (χ1) is 18.8. The van der Waals surface area contributed by atoms with Gasteiger partial charge < -0.3 is 14.8 Å². The van der Waals surface area contributed by atoms with Crippen LogP contribution < -0.4 is 14.8 Å². The van der Waals surface area contributed by atoms with Crippen molar-refractivity contribution >= 4 is 32.4 Å². The monoisotopic (exact) mass is 556 g/mol. The Morgan fingerprint density at radius 2 is 1.85 bits per heavy atom. The van der Waals surface area contributed by atoms with E-state index >= 15 is 0 Å². The van der Waals surface area contributed by atoms with Crippen LogP contribution in [0.1, 0.15) is 0 Å². The van der Waals surface area contributed by atoms with E-state index in [1.165, 1.54) is 25.7 Å². The van der Waals surface area contributed by atoms with Gasteiger partial charge in [-0.15, -0.1) is 0 Å². The van der Waals surface area contributed by atoms with Crippen molar-refractivity contribution in [2.24, 2.45) is 0 Å². The van der Waals surface area contributed by atoms with Gasteiger partial charge in [-0.05, 0) is 35.9 Å². The van der Waals surface area contributed by atoms with E-state index < -0.39 is 26.6 Å². The first kappa shape index (κ1) is 26.7. The van der Waals surface area contributed by atoms with Crippen LogP contribution in [0.4, 0.5) is 20.3 Å². The van der Waals surface area contributed by atoms with Gasteiger partial charge in [-0.1, -0.05) is 6.07 Å². The van der Waals surface area contributed by atoms with E-state index in [0.29, 0.717) is 24.0 Å². The minimum Gasteiger partial charge on any atom is -0.480 e. The van der Waals surface area contributed by atoms with Crippen molar-refractivity contribution in [1.82, 2.24) is 19.9 Å². The molecule has 0 saturated carbocycles. The first-order valence-electron chi connectivity index (χ1n) is 12.1. The summed E-state index contributed by atoms with van der Waals surface area (Å²) in [7, 11) is -3.07. The van der Waals surface area contributed by atoms with Gasteiger partial charge in [0.05, 0.1) is 25.8 Å². The maximum atomic E-state index is 14.2. The summed E-state index contributed by atoms with van der Waals surface area (Å²) in [6, 6.07) is 9.30. The summed E-state index contributed by atoms with van der Waals surface area (Å²) in [5, 5.41) is 4.16. The standard InChI is InChI=1S/C26H26F2N6O4S/c1-37-26-23(33-39(35,36)24-5-3-19(27)14-21(24)28)13-18(15-30-26)17-2-4-22-20(12-17)25(32-16-31-22)29-6-7-34-8-10-38-11-9-34/h2-5,12-16,33H,6-11H2,1H3,(H,29,31,32). The smallest absolute Gasteiger partial charge is 0.264 e.